The summed E-state index contributed by atoms with van der Waals surface area (Å²) in [5.74, 6) is 1.90. The molecule has 1 saturated heterocycles. The van der Waals surface area contributed by atoms with Crippen molar-refractivity contribution >= 4 is 5.91 Å². The molecule has 1 aliphatic rings. The molecule has 1 fully saturated rings. The van der Waals surface area contributed by atoms with Gasteiger partial charge in [-0.3, -0.25) is 4.79 Å². The van der Waals surface area contributed by atoms with Gasteiger partial charge in [-0.25, -0.2) is 0 Å². The number of hydrogen-bond donors (Lipinski definition) is 0. The molecule has 0 bridgehead atoms. The van der Waals surface area contributed by atoms with Crippen LogP contribution in [0.25, 0.3) is 0 Å². The van der Waals surface area contributed by atoms with Crippen LogP contribution in [0.1, 0.15) is 35.1 Å². The van der Waals surface area contributed by atoms with Crippen LogP contribution in [0.3, 0.4) is 0 Å². The number of ether oxygens (including phenoxy) is 3. The van der Waals surface area contributed by atoms with Crippen LogP contribution in [0.15, 0.2) is 22.7 Å². The van der Waals surface area contributed by atoms with Crippen LogP contribution in [0.4, 0.5) is 0 Å². The highest BCUT2D eigenvalue weighted by molar-refractivity contribution is 5.95. The summed E-state index contributed by atoms with van der Waals surface area (Å²) < 4.78 is 21.5. The number of carbonyl (C=O) groups is 1. The Balaban J connectivity index is 1.81. The Hall–Kier alpha value is -2.61. The number of aromatic nitrogens is 2. The normalized spacial score (nSPS) is 20.4. The van der Waals surface area contributed by atoms with Crippen molar-refractivity contribution in [2.75, 3.05) is 27.3 Å². The molecule has 2 aromatic rings. The lowest BCUT2D eigenvalue weighted by Gasteiger charge is -2.35. The lowest BCUT2D eigenvalue weighted by molar-refractivity contribution is -0.0810. The standard InChI is InChI=1S/C17H21N3O5/c1-10-8-20(9-15(24-10)16-18-11(2)19-25-16)17(21)12-5-6-13(22-3)14(7-12)23-4/h5-7,10,15H,8-9H2,1-4H3/t10-,15-/m1/s1. The van der Waals surface area contributed by atoms with E-state index >= 15 is 0 Å². The van der Waals surface area contributed by atoms with Crippen molar-refractivity contribution in [1.82, 2.24) is 15.0 Å². The first-order valence-corrected chi connectivity index (χ1v) is 7.98. The molecule has 0 spiro atoms. The molecule has 1 aromatic carbocycles. The number of nitrogens with zero attached hydrogens (tertiary/aromatic N) is 3. The van der Waals surface area contributed by atoms with Gasteiger partial charge in [0, 0.05) is 12.1 Å². The fraction of sp³-hybridized carbons (Fsp3) is 0.471. The van der Waals surface area contributed by atoms with Gasteiger partial charge in [-0.2, -0.15) is 4.98 Å². The first-order chi connectivity index (χ1) is 12.0. The van der Waals surface area contributed by atoms with E-state index in [1.165, 1.54) is 7.11 Å². The van der Waals surface area contributed by atoms with Crippen LogP contribution in [-0.2, 0) is 4.74 Å². The molecule has 3 rings (SSSR count). The summed E-state index contributed by atoms with van der Waals surface area (Å²) in [5, 5.41) is 3.79. The molecular weight excluding hydrogens is 326 g/mol. The summed E-state index contributed by atoms with van der Waals surface area (Å²) >= 11 is 0. The van der Waals surface area contributed by atoms with Crippen LogP contribution in [0.5, 0.6) is 11.5 Å². The van der Waals surface area contributed by atoms with E-state index in [9.17, 15) is 4.79 Å². The van der Waals surface area contributed by atoms with Crippen molar-refractivity contribution in [2.45, 2.75) is 26.1 Å². The molecule has 8 nitrogen and oxygen atoms in total. The SMILES string of the molecule is COc1ccc(C(=O)N2C[C@@H](C)O[C@@H](c3nc(C)no3)C2)cc1OC. The predicted octanol–water partition coefficient (Wildman–Crippen LogP) is 2.00. The largest absolute Gasteiger partial charge is 0.493 e. The quantitative estimate of drug-likeness (QED) is 0.836. The van der Waals surface area contributed by atoms with Crippen LogP contribution in [-0.4, -0.2) is 54.4 Å². The minimum atomic E-state index is -0.436. The van der Waals surface area contributed by atoms with E-state index in [1.54, 1.807) is 37.1 Å². The van der Waals surface area contributed by atoms with E-state index in [0.29, 0.717) is 41.9 Å². The summed E-state index contributed by atoms with van der Waals surface area (Å²) in [6.07, 6.45) is -0.580. The van der Waals surface area contributed by atoms with Gasteiger partial charge in [0.05, 0.1) is 26.9 Å². The molecule has 1 amide bonds. The minimum absolute atomic E-state index is 0.114. The van der Waals surface area contributed by atoms with E-state index in [1.807, 2.05) is 6.92 Å². The Labute approximate surface area is 145 Å². The second-order valence-electron chi connectivity index (χ2n) is 5.90. The molecule has 25 heavy (non-hydrogen) atoms. The summed E-state index contributed by atoms with van der Waals surface area (Å²) in [7, 11) is 3.09. The van der Waals surface area contributed by atoms with Crippen LogP contribution in [0, 0.1) is 6.92 Å². The zero-order valence-electron chi connectivity index (χ0n) is 14.7. The average molecular weight is 347 g/mol. The molecular formula is C17H21N3O5. The third kappa shape index (κ3) is 3.58. The van der Waals surface area contributed by atoms with Gasteiger partial charge in [0.15, 0.2) is 23.4 Å². The molecule has 2 atom stereocenters. The number of morpholine rings is 1. The number of methoxy groups -OCH3 is 2. The van der Waals surface area contributed by atoms with Crippen molar-refractivity contribution in [1.29, 1.82) is 0 Å². The Kier molecular flexibility index (Phi) is 4.89. The highest BCUT2D eigenvalue weighted by atomic mass is 16.5. The lowest BCUT2D eigenvalue weighted by atomic mass is 10.1. The van der Waals surface area contributed by atoms with Crippen molar-refractivity contribution in [3.63, 3.8) is 0 Å². The van der Waals surface area contributed by atoms with Gasteiger partial charge in [-0.1, -0.05) is 5.16 Å². The number of rotatable bonds is 4. The summed E-state index contributed by atoms with van der Waals surface area (Å²) in [4.78, 5) is 18.8. The molecule has 0 saturated carbocycles. The van der Waals surface area contributed by atoms with E-state index in [-0.39, 0.29) is 12.0 Å². The van der Waals surface area contributed by atoms with E-state index < -0.39 is 6.10 Å². The predicted molar refractivity (Wildman–Crippen MR) is 87.8 cm³/mol. The van der Waals surface area contributed by atoms with E-state index in [0.717, 1.165) is 0 Å². The monoisotopic (exact) mass is 347 g/mol. The highest BCUT2D eigenvalue weighted by Crippen LogP contribution is 2.30. The fourth-order valence-electron chi connectivity index (χ4n) is 2.85. The average Bonchev–Trinajstić information content (AvgIpc) is 3.06. The van der Waals surface area contributed by atoms with Gasteiger partial charge in [0.2, 0.25) is 0 Å². The van der Waals surface area contributed by atoms with Crippen LogP contribution >= 0.6 is 0 Å². The first-order valence-electron chi connectivity index (χ1n) is 7.98. The lowest BCUT2D eigenvalue weighted by Crippen LogP contribution is -2.46. The third-order valence-corrected chi connectivity index (χ3v) is 4.00. The number of aryl methyl sites for hydroxylation is 1. The molecule has 8 heteroatoms. The molecule has 0 unspecified atom stereocenters. The first kappa shape index (κ1) is 17.2. The smallest absolute Gasteiger partial charge is 0.257 e. The van der Waals surface area contributed by atoms with Gasteiger partial charge in [0.1, 0.15) is 0 Å². The maximum absolute atomic E-state index is 12.9. The molecule has 0 aliphatic carbocycles. The maximum atomic E-state index is 12.9. The molecule has 1 aliphatic heterocycles. The molecule has 1 aromatic heterocycles. The minimum Gasteiger partial charge on any atom is -0.493 e. The summed E-state index contributed by atoms with van der Waals surface area (Å²) in [6.45, 7) is 4.48. The Morgan fingerprint density at radius 2 is 2.00 bits per heavy atom. The van der Waals surface area contributed by atoms with Gasteiger partial charge in [-0.05, 0) is 32.0 Å². The van der Waals surface area contributed by atoms with Gasteiger partial charge in [0.25, 0.3) is 11.8 Å². The van der Waals surface area contributed by atoms with Crippen LogP contribution in [0.2, 0.25) is 0 Å². The van der Waals surface area contributed by atoms with Crippen molar-refractivity contribution < 1.29 is 23.5 Å². The van der Waals surface area contributed by atoms with Gasteiger partial charge < -0.3 is 23.6 Å². The van der Waals surface area contributed by atoms with E-state index in [2.05, 4.69) is 10.1 Å². The Morgan fingerprint density at radius 1 is 1.24 bits per heavy atom. The third-order valence-electron chi connectivity index (χ3n) is 4.00. The van der Waals surface area contributed by atoms with E-state index in [4.69, 9.17) is 18.7 Å². The maximum Gasteiger partial charge on any atom is 0.257 e. The zero-order chi connectivity index (χ0) is 18.0. The second kappa shape index (κ2) is 7.10. The molecule has 0 radical (unpaired) electrons. The molecule has 134 valence electrons. The van der Waals surface area contributed by atoms with Crippen molar-refractivity contribution in [3.8, 4) is 11.5 Å². The number of hydrogen-bond acceptors (Lipinski definition) is 7. The molecule has 2 heterocycles. The van der Waals surface area contributed by atoms with Crippen molar-refractivity contribution in [2.24, 2.45) is 0 Å². The number of benzene rings is 1. The summed E-state index contributed by atoms with van der Waals surface area (Å²) in [5.41, 5.74) is 0.521. The Bertz CT molecular complexity index is 760. The highest BCUT2D eigenvalue weighted by Gasteiger charge is 2.33. The van der Waals surface area contributed by atoms with Crippen molar-refractivity contribution in [3.05, 3.63) is 35.5 Å². The zero-order valence-corrected chi connectivity index (χ0v) is 14.7. The van der Waals surface area contributed by atoms with Gasteiger partial charge >= 0.3 is 0 Å². The topological polar surface area (TPSA) is 86.9 Å². The second-order valence-corrected chi connectivity index (χ2v) is 5.90. The number of carbonyl (C=O) groups excluding carboxylic acids is 1. The van der Waals surface area contributed by atoms with Gasteiger partial charge in [-0.15, -0.1) is 0 Å². The fourth-order valence-corrected chi connectivity index (χ4v) is 2.85. The number of amides is 1. The van der Waals surface area contributed by atoms with Crippen LogP contribution < -0.4 is 9.47 Å². The molecule has 0 N–H and O–H groups in total. The summed E-state index contributed by atoms with van der Waals surface area (Å²) in [6, 6.07) is 5.11. The Morgan fingerprint density at radius 3 is 2.64 bits per heavy atom.